The summed E-state index contributed by atoms with van der Waals surface area (Å²) < 4.78 is 5.42. The van der Waals surface area contributed by atoms with Crippen LogP contribution in [0.25, 0.3) is 6.08 Å². The van der Waals surface area contributed by atoms with Gasteiger partial charge in [0.2, 0.25) is 0 Å². The fourth-order valence-corrected chi connectivity index (χ4v) is 2.28. The van der Waals surface area contributed by atoms with E-state index >= 15 is 0 Å². The standard InChI is InChI=1S/C17H14BrN3O7/c1-9(17(24)25)19-15(22)12(20-16(23)13-6-7-14(18)28-13)8-10-2-4-11(5-3-10)21(26)27/h2-9H,1H3,(H,19,22)(H,20,23)(H,24,25). The molecule has 0 aliphatic heterocycles. The second-order valence-corrected chi connectivity index (χ2v) is 6.28. The molecule has 0 radical (unpaired) electrons. The number of halogens is 1. The van der Waals surface area contributed by atoms with E-state index in [2.05, 4.69) is 26.6 Å². The van der Waals surface area contributed by atoms with Crippen molar-refractivity contribution < 1.29 is 28.8 Å². The van der Waals surface area contributed by atoms with Gasteiger partial charge in [-0.05, 0) is 58.8 Å². The molecule has 0 aliphatic rings. The number of carbonyl (C=O) groups excluding carboxylic acids is 2. The largest absolute Gasteiger partial charge is 0.480 e. The summed E-state index contributed by atoms with van der Waals surface area (Å²) in [5, 5.41) is 24.2. The number of carbonyl (C=O) groups is 3. The van der Waals surface area contributed by atoms with Gasteiger partial charge in [-0.15, -0.1) is 0 Å². The van der Waals surface area contributed by atoms with Gasteiger partial charge in [0.05, 0.1) is 4.92 Å². The van der Waals surface area contributed by atoms with E-state index in [0.717, 1.165) is 0 Å². The molecule has 0 saturated carbocycles. The molecule has 11 heteroatoms. The van der Waals surface area contributed by atoms with Crippen LogP contribution in [0.2, 0.25) is 0 Å². The molecule has 0 saturated heterocycles. The third-order valence-corrected chi connectivity index (χ3v) is 3.85. The van der Waals surface area contributed by atoms with Crippen LogP contribution in [-0.4, -0.2) is 33.9 Å². The van der Waals surface area contributed by atoms with E-state index < -0.39 is 28.7 Å². The van der Waals surface area contributed by atoms with Crippen molar-refractivity contribution in [2.24, 2.45) is 0 Å². The van der Waals surface area contributed by atoms with E-state index in [1.54, 1.807) is 0 Å². The fraction of sp³-hybridized carbons (Fsp3) is 0.118. The highest BCUT2D eigenvalue weighted by Crippen LogP contribution is 2.16. The first-order valence-electron chi connectivity index (χ1n) is 7.74. The molecule has 1 heterocycles. The molecule has 1 unspecified atom stereocenters. The van der Waals surface area contributed by atoms with Gasteiger partial charge >= 0.3 is 5.97 Å². The van der Waals surface area contributed by atoms with Gasteiger partial charge < -0.3 is 20.2 Å². The molecular weight excluding hydrogens is 438 g/mol. The van der Waals surface area contributed by atoms with Crippen LogP contribution in [0.1, 0.15) is 23.0 Å². The number of non-ortho nitro benzene ring substituents is 1. The third-order valence-electron chi connectivity index (χ3n) is 3.42. The van der Waals surface area contributed by atoms with Crippen molar-refractivity contribution in [1.29, 1.82) is 0 Å². The molecule has 0 aliphatic carbocycles. The minimum absolute atomic E-state index is 0.0828. The molecule has 146 valence electrons. The monoisotopic (exact) mass is 451 g/mol. The maximum Gasteiger partial charge on any atom is 0.325 e. The molecule has 2 rings (SSSR count). The molecule has 28 heavy (non-hydrogen) atoms. The van der Waals surface area contributed by atoms with Crippen LogP contribution in [0.4, 0.5) is 5.69 Å². The fourth-order valence-electron chi connectivity index (χ4n) is 1.97. The highest BCUT2D eigenvalue weighted by atomic mass is 79.9. The Kier molecular flexibility index (Phi) is 6.66. The number of nitro benzene ring substituents is 1. The SMILES string of the molecule is CC(NC(=O)C(=Cc1ccc([N+](=O)[O-])cc1)NC(=O)c1ccc(Br)o1)C(=O)O. The van der Waals surface area contributed by atoms with Gasteiger partial charge in [-0.2, -0.15) is 0 Å². The summed E-state index contributed by atoms with van der Waals surface area (Å²) in [7, 11) is 0. The summed E-state index contributed by atoms with van der Waals surface area (Å²) in [5.74, 6) is -2.94. The third kappa shape index (κ3) is 5.51. The van der Waals surface area contributed by atoms with E-state index in [4.69, 9.17) is 9.52 Å². The number of rotatable bonds is 7. The zero-order chi connectivity index (χ0) is 20.8. The average molecular weight is 452 g/mol. The van der Waals surface area contributed by atoms with Crippen LogP contribution in [0, 0.1) is 10.1 Å². The molecule has 2 amide bonds. The van der Waals surface area contributed by atoms with Gasteiger partial charge in [0.25, 0.3) is 17.5 Å². The maximum absolute atomic E-state index is 12.4. The van der Waals surface area contributed by atoms with Crippen LogP contribution in [0.5, 0.6) is 0 Å². The molecule has 1 aromatic carbocycles. The first-order valence-corrected chi connectivity index (χ1v) is 8.53. The topological polar surface area (TPSA) is 152 Å². The number of amides is 2. The summed E-state index contributed by atoms with van der Waals surface area (Å²) in [5.41, 5.74) is -0.0359. The van der Waals surface area contributed by atoms with Crippen molar-refractivity contribution in [2.45, 2.75) is 13.0 Å². The lowest BCUT2D eigenvalue weighted by molar-refractivity contribution is -0.384. The second kappa shape index (κ2) is 8.95. The number of nitrogens with zero attached hydrogens (tertiary/aromatic N) is 1. The predicted octanol–water partition coefficient (Wildman–Crippen LogP) is 2.31. The number of hydrogen-bond acceptors (Lipinski definition) is 6. The molecule has 10 nitrogen and oxygen atoms in total. The Balaban J connectivity index is 2.31. The number of aliphatic carboxylic acids is 1. The van der Waals surface area contributed by atoms with Crippen molar-refractivity contribution >= 4 is 45.5 Å². The summed E-state index contributed by atoms with van der Waals surface area (Å²) in [6.45, 7) is 1.26. The molecule has 3 N–H and O–H groups in total. The zero-order valence-corrected chi connectivity index (χ0v) is 15.9. The quantitative estimate of drug-likeness (QED) is 0.331. The summed E-state index contributed by atoms with van der Waals surface area (Å²) in [4.78, 5) is 45.8. The van der Waals surface area contributed by atoms with Crippen molar-refractivity contribution in [3.63, 3.8) is 0 Å². The van der Waals surface area contributed by atoms with Crippen LogP contribution in [-0.2, 0) is 9.59 Å². The number of carboxylic acids is 1. The number of hydrogen-bond donors (Lipinski definition) is 3. The molecule has 0 bridgehead atoms. The molecule has 0 fully saturated rings. The molecule has 2 aromatic rings. The normalized spacial score (nSPS) is 12.1. The lowest BCUT2D eigenvalue weighted by Crippen LogP contribution is -2.42. The number of carboxylic acid groups (broad SMARTS) is 1. The maximum atomic E-state index is 12.4. The zero-order valence-electron chi connectivity index (χ0n) is 14.3. The summed E-state index contributed by atoms with van der Waals surface area (Å²) >= 11 is 3.06. The van der Waals surface area contributed by atoms with Gasteiger partial charge in [0.1, 0.15) is 11.7 Å². The van der Waals surface area contributed by atoms with Crippen LogP contribution < -0.4 is 10.6 Å². The summed E-state index contributed by atoms with van der Waals surface area (Å²) in [6.07, 6.45) is 1.25. The van der Waals surface area contributed by atoms with Gasteiger partial charge in [-0.25, -0.2) is 0 Å². The van der Waals surface area contributed by atoms with E-state index in [9.17, 15) is 24.5 Å². The van der Waals surface area contributed by atoms with Crippen molar-refractivity contribution in [3.8, 4) is 0 Å². The highest BCUT2D eigenvalue weighted by Gasteiger charge is 2.21. The number of nitro groups is 1. The minimum atomic E-state index is -1.26. The van der Waals surface area contributed by atoms with Crippen molar-refractivity contribution in [3.05, 3.63) is 68.2 Å². The first kappa shape index (κ1) is 20.8. The Hall–Kier alpha value is -3.47. The molecule has 1 aromatic heterocycles. The van der Waals surface area contributed by atoms with E-state index in [-0.39, 0.29) is 17.1 Å². The Morgan fingerprint density at radius 2 is 1.86 bits per heavy atom. The van der Waals surface area contributed by atoms with E-state index in [1.165, 1.54) is 49.4 Å². The molecular formula is C17H14BrN3O7. The average Bonchev–Trinajstić information content (AvgIpc) is 3.07. The van der Waals surface area contributed by atoms with E-state index in [1.807, 2.05) is 0 Å². The van der Waals surface area contributed by atoms with Crippen LogP contribution >= 0.6 is 15.9 Å². The Bertz CT molecular complexity index is 950. The van der Waals surface area contributed by atoms with Crippen LogP contribution in [0.3, 0.4) is 0 Å². The molecule has 0 spiro atoms. The second-order valence-electron chi connectivity index (χ2n) is 5.50. The Morgan fingerprint density at radius 3 is 2.36 bits per heavy atom. The van der Waals surface area contributed by atoms with Gasteiger partial charge in [0, 0.05) is 12.1 Å². The van der Waals surface area contributed by atoms with Crippen molar-refractivity contribution in [1.82, 2.24) is 10.6 Å². The number of benzene rings is 1. The highest BCUT2D eigenvalue weighted by molar-refractivity contribution is 9.10. The minimum Gasteiger partial charge on any atom is -0.480 e. The van der Waals surface area contributed by atoms with Gasteiger partial charge in [-0.3, -0.25) is 24.5 Å². The predicted molar refractivity (Wildman–Crippen MR) is 100 cm³/mol. The lowest BCUT2D eigenvalue weighted by atomic mass is 10.1. The van der Waals surface area contributed by atoms with Gasteiger partial charge in [-0.1, -0.05) is 0 Å². The van der Waals surface area contributed by atoms with Gasteiger partial charge in [0.15, 0.2) is 10.4 Å². The van der Waals surface area contributed by atoms with Crippen molar-refractivity contribution in [2.75, 3.05) is 0 Å². The number of furan rings is 1. The number of nitrogens with one attached hydrogen (secondary N) is 2. The lowest BCUT2D eigenvalue weighted by Gasteiger charge is -2.13. The van der Waals surface area contributed by atoms with Crippen LogP contribution in [0.15, 0.2) is 51.2 Å². The first-order chi connectivity index (χ1) is 13.2. The summed E-state index contributed by atoms with van der Waals surface area (Å²) in [6, 6.07) is 6.87. The smallest absolute Gasteiger partial charge is 0.325 e. The molecule has 1 atom stereocenters. The van der Waals surface area contributed by atoms with E-state index in [0.29, 0.717) is 10.2 Å². The Labute approximate surface area is 166 Å². The Morgan fingerprint density at radius 1 is 1.21 bits per heavy atom.